The Hall–Kier alpha value is -2.42. The van der Waals surface area contributed by atoms with Gasteiger partial charge in [-0.3, -0.25) is 4.90 Å². The van der Waals surface area contributed by atoms with Crippen LogP contribution in [0.5, 0.6) is 11.5 Å². The zero-order valence-electron chi connectivity index (χ0n) is 15.3. The number of benzene rings is 1. The van der Waals surface area contributed by atoms with Gasteiger partial charge in [0.2, 0.25) is 5.89 Å². The highest BCUT2D eigenvalue weighted by atomic mass is 32.1. The number of hydrogen-bond donors (Lipinski definition) is 1. The second-order valence-corrected chi connectivity index (χ2v) is 7.33. The molecule has 1 aliphatic rings. The molecular formula is C19H22N4O3S. The highest BCUT2D eigenvalue weighted by Crippen LogP contribution is 2.42. The van der Waals surface area contributed by atoms with Crippen molar-refractivity contribution in [2.24, 2.45) is 5.73 Å². The Morgan fingerprint density at radius 3 is 2.78 bits per heavy atom. The average molecular weight is 386 g/mol. The van der Waals surface area contributed by atoms with Crippen LogP contribution in [0.3, 0.4) is 0 Å². The smallest absolute Gasteiger partial charge is 0.240 e. The van der Waals surface area contributed by atoms with Gasteiger partial charge < -0.3 is 19.7 Å². The molecule has 0 spiro atoms. The molecule has 0 amide bonds. The molecule has 3 heterocycles. The van der Waals surface area contributed by atoms with Gasteiger partial charge in [-0.25, -0.2) is 0 Å². The summed E-state index contributed by atoms with van der Waals surface area (Å²) in [5.41, 5.74) is 8.09. The molecule has 0 bridgehead atoms. The van der Waals surface area contributed by atoms with Crippen molar-refractivity contribution < 1.29 is 14.0 Å². The van der Waals surface area contributed by atoms with E-state index in [1.807, 2.05) is 0 Å². The van der Waals surface area contributed by atoms with Gasteiger partial charge in [-0.05, 0) is 41.1 Å². The predicted molar refractivity (Wildman–Crippen MR) is 102 cm³/mol. The fraction of sp³-hybridized carbons (Fsp3) is 0.368. The van der Waals surface area contributed by atoms with Crippen molar-refractivity contribution in [2.75, 3.05) is 20.8 Å². The number of methoxy groups -OCH3 is 2. The van der Waals surface area contributed by atoms with Gasteiger partial charge in [0, 0.05) is 11.4 Å². The van der Waals surface area contributed by atoms with Crippen molar-refractivity contribution in [1.29, 1.82) is 0 Å². The molecule has 2 aromatic heterocycles. The van der Waals surface area contributed by atoms with Crippen LogP contribution in [0, 0.1) is 0 Å². The molecule has 0 saturated carbocycles. The Labute approximate surface area is 161 Å². The number of nitrogens with two attached hydrogens (primary N) is 1. The van der Waals surface area contributed by atoms with Crippen molar-refractivity contribution in [2.45, 2.75) is 25.6 Å². The first-order valence-corrected chi connectivity index (χ1v) is 9.65. The maximum Gasteiger partial charge on any atom is 0.240 e. The van der Waals surface area contributed by atoms with E-state index in [0.717, 1.165) is 24.5 Å². The monoisotopic (exact) mass is 386 g/mol. The average Bonchev–Trinajstić information content (AvgIpc) is 3.38. The summed E-state index contributed by atoms with van der Waals surface area (Å²) in [6.45, 7) is 1.73. The molecule has 1 aromatic carbocycles. The van der Waals surface area contributed by atoms with Gasteiger partial charge in [-0.15, -0.1) is 11.3 Å². The van der Waals surface area contributed by atoms with Crippen molar-refractivity contribution in [3.8, 4) is 11.5 Å². The van der Waals surface area contributed by atoms with Crippen molar-refractivity contribution in [3.05, 3.63) is 57.4 Å². The SMILES string of the molecule is COc1cc2c(cc1OC)C(c1cccs1)N(Cc1noc(CN)n1)CC2. The Balaban J connectivity index is 1.73. The van der Waals surface area contributed by atoms with E-state index in [1.165, 1.54) is 16.0 Å². The quantitative estimate of drug-likeness (QED) is 0.697. The highest BCUT2D eigenvalue weighted by molar-refractivity contribution is 7.10. The third-order valence-corrected chi connectivity index (χ3v) is 5.74. The lowest BCUT2D eigenvalue weighted by Crippen LogP contribution is -2.35. The molecule has 3 aromatic rings. The molecule has 1 atom stereocenters. The van der Waals surface area contributed by atoms with Gasteiger partial charge in [0.25, 0.3) is 0 Å². The Morgan fingerprint density at radius 1 is 1.30 bits per heavy atom. The first kappa shape index (κ1) is 18.0. The minimum absolute atomic E-state index is 0.105. The van der Waals surface area contributed by atoms with Gasteiger partial charge in [-0.1, -0.05) is 11.2 Å². The van der Waals surface area contributed by atoms with Gasteiger partial charge in [0.15, 0.2) is 17.3 Å². The summed E-state index contributed by atoms with van der Waals surface area (Å²) in [4.78, 5) is 8.01. The molecule has 0 radical (unpaired) electrons. The Bertz CT molecular complexity index is 910. The number of rotatable bonds is 6. The number of hydrogen-bond acceptors (Lipinski definition) is 8. The predicted octanol–water partition coefficient (Wildman–Crippen LogP) is 2.75. The minimum atomic E-state index is 0.105. The van der Waals surface area contributed by atoms with Crippen LogP contribution in [0.15, 0.2) is 34.2 Å². The number of nitrogens with zero attached hydrogens (tertiary/aromatic N) is 3. The highest BCUT2D eigenvalue weighted by Gasteiger charge is 2.32. The standard InChI is InChI=1S/C19H22N4O3S/c1-24-14-8-12-5-6-23(11-17-21-18(10-20)26-22-17)19(16-4-3-7-27-16)13(12)9-15(14)25-2/h3-4,7-9,19H,5-6,10-11,20H2,1-2H3. The fourth-order valence-electron chi connectivity index (χ4n) is 3.57. The first-order chi connectivity index (χ1) is 13.2. The van der Waals surface area contributed by atoms with Gasteiger partial charge in [0.1, 0.15) is 0 Å². The minimum Gasteiger partial charge on any atom is -0.493 e. The fourth-order valence-corrected chi connectivity index (χ4v) is 4.44. The van der Waals surface area contributed by atoms with Gasteiger partial charge in [-0.2, -0.15) is 4.98 Å². The second-order valence-electron chi connectivity index (χ2n) is 6.35. The second kappa shape index (κ2) is 7.67. The molecule has 0 fully saturated rings. The van der Waals surface area contributed by atoms with Crippen LogP contribution in [-0.4, -0.2) is 35.8 Å². The summed E-state index contributed by atoms with van der Waals surface area (Å²) in [6, 6.07) is 8.52. The van der Waals surface area contributed by atoms with Crippen LogP contribution < -0.4 is 15.2 Å². The summed E-state index contributed by atoms with van der Waals surface area (Å²) < 4.78 is 16.2. The number of ether oxygens (including phenoxy) is 2. The zero-order chi connectivity index (χ0) is 18.8. The third kappa shape index (κ3) is 3.43. The van der Waals surface area contributed by atoms with E-state index in [1.54, 1.807) is 25.6 Å². The number of fused-ring (bicyclic) bond motifs is 1. The molecule has 4 rings (SSSR count). The van der Waals surface area contributed by atoms with E-state index in [4.69, 9.17) is 19.7 Å². The maximum absolute atomic E-state index is 5.59. The van der Waals surface area contributed by atoms with E-state index >= 15 is 0 Å². The largest absolute Gasteiger partial charge is 0.493 e. The van der Waals surface area contributed by atoms with Crippen molar-refractivity contribution >= 4 is 11.3 Å². The summed E-state index contributed by atoms with van der Waals surface area (Å²) >= 11 is 1.74. The van der Waals surface area contributed by atoms with E-state index < -0.39 is 0 Å². The lowest BCUT2D eigenvalue weighted by atomic mass is 9.91. The van der Waals surface area contributed by atoms with Gasteiger partial charge >= 0.3 is 0 Å². The number of aromatic nitrogens is 2. The van der Waals surface area contributed by atoms with Gasteiger partial charge in [0.05, 0.1) is 33.4 Å². The topological polar surface area (TPSA) is 86.6 Å². The lowest BCUT2D eigenvalue weighted by molar-refractivity contribution is 0.198. The van der Waals surface area contributed by atoms with Crippen LogP contribution >= 0.6 is 11.3 Å². The maximum atomic E-state index is 5.59. The molecule has 7 nitrogen and oxygen atoms in total. The molecule has 8 heteroatoms. The zero-order valence-corrected chi connectivity index (χ0v) is 16.2. The Morgan fingerprint density at radius 2 is 2.11 bits per heavy atom. The molecule has 0 saturated heterocycles. The molecular weight excluding hydrogens is 364 g/mol. The third-order valence-electron chi connectivity index (χ3n) is 4.82. The number of thiophene rings is 1. The summed E-state index contributed by atoms with van der Waals surface area (Å²) in [5.74, 6) is 2.62. The summed E-state index contributed by atoms with van der Waals surface area (Å²) in [5, 5.41) is 6.17. The molecule has 1 unspecified atom stereocenters. The normalized spacial score (nSPS) is 16.9. The van der Waals surface area contributed by atoms with E-state index in [-0.39, 0.29) is 12.6 Å². The molecule has 27 heavy (non-hydrogen) atoms. The van der Waals surface area contributed by atoms with E-state index in [0.29, 0.717) is 18.3 Å². The summed E-state index contributed by atoms with van der Waals surface area (Å²) in [6.07, 6.45) is 0.916. The first-order valence-electron chi connectivity index (χ1n) is 8.77. The van der Waals surface area contributed by atoms with Crippen LogP contribution in [0.25, 0.3) is 0 Å². The Kier molecular flexibility index (Phi) is 5.11. The van der Waals surface area contributed by atoms with Crippen LogP contribution in [0.1, 0.15) is 33.8 Å². The lowest BCUT2D eigenvalue weighted by Gasteiger charge is -2.36. The van der Waals surface area contributed by atoms with Crippen LogP contribution in [0.2, 0.25) is 0 Å². The van der Waals surface area contributed by atoms with E-state index in [2.05, 4.69) is 44.7 Å². The molecule has 142 valence electrons. The summed E-state index contributed by atoms with van der Waals surface area (Å²) in [7, 11) is 3.33. The van der Waals surface area contributed by atoms with Crippen LogP contribution in [0.4, 0.5) is 0 Å². The van der Waals surface area contributed by atoms with E-state index in [9.17, 15) is 0 Å². The van der Waals surface area contributed by atoms with Crippen LogP contribution in [-0.2, 0) is 19.5 Å². The molecule has 2 N–H and O–H groups in total. The molecule has 0 aliphatic carbocycles. The molecule has 1 aliphatic heterocycles. The van der Waals surface area contributed by atoms with Crippen molar-refractivity contribution in [1.82, 2.24) is 15.0 Å². The van der Waals surface area contributed by atoms with Crippen molar-refractivity contribution in [3.63, 3.8) is 0 Å².